The molecule has 6 nitrogen and oxygen atoms in total. The van der Waals surface area contributed by atoms with Gasteiger partial charge in [-0.25, -0.2) is 9.97 Å². The minimum atomic E-state index is -2.85. The van der Waals surface area contributed by atoms with Crippen molar-refractivity contribution in [3.63, 3.8) is 0 Å². The van der Waals surface area contributed by atoms with Crippen molar-refractivity contribution in [2.45, 2.75) is 13.0 Å². The summed E-state index contributed by atoms with van der Waals surface area (Å²) < 4.78 is 28.7. The van der Waals surface area contributed by atoms with Crippen LogP contribution < -0.4 is 9.64 Å². The van der Waals surface area contributed by atoms with Crippen LogP contribution in [0.1, 0.15) is 5.56 Å². The third-order valence-corrected chi connectivity index (χ3v) is 5.60. The first-order valence-electron chi connectivity index (χ1n) is 8.86. The number of fused-ring (bicyclic) bond motifs is 1. The van der Waals surface area contributed by atoms with E-state index in [1.807, 2.05) is 17.0 Å². The van der Waals surface area contributed by atoms with E-state index >= 15 is 0 Å². The summed E-state index contributed by atoms with van der Waals surface area (Å²) >= 11 is 1.56. The van der Waals surface area contributed by atoms with Gasteiger partial charge >= 0.3 is 6.61 Å². The van der Waals surface area contributed by atoms with Crippen LogP contribution in [0.4, 0.5) is 13.9 Å². The van der Waals surface area contributed by atoms with Gasteiger partial charge in [-0.15, -0.1) is 0 Å². The normalized spacial score (nSPS) is 14.7. The molecule has 1 saturated heterocycles. The second kappa shape index (κ2) is 8.05. The van der Waals surface area contributed by atoms with Crippen molar-refractivity contribution >= 4 is 32.7 Å². The van der Waals surface area contributed by atoms with Gasteiger partial charge in [-0.3, -0.25) is 4.79 Å². The smallest absolute Gasteiger partial charge is 0.387 e. The molecule has 4 rings (SSSR count). The Morgan fingerprint density at radius 3 is 2.57 bits per heavy atom. The Kier molecular flexibility index (Phi) is 5.34. The van der Waals surface area contributed by atoms with Gasteiger partial charge in [0.05, 0.1) is 6.42 Å². The van der Waals surface area contributed by atoms with Crippen LogP contribution in [0.3, 0.4) is 0 Å². The number of hydrogen-bond donors (Lipinski definition) is 0. The number of rotatable bonds is 5. The van der Waals surface area contributed by atoms with Crippen molar-refractivity contribution in [2.75, 3.05) is 31.1 Å². The summed E-state index contributed by atoms with van der Waals surface area (Å²) in [4.78, 5) is 26.4. The maximum Gasteiger partial charge on any atom is 0.387 e. The van der Waals surface area contributed by atoms with Crippen molar-refractivity contribution in [3.05, 3.63) is 48.2 Å². The zero-order chi connectivity index (χ0) is 19.5. The maximum atomic E-state index is 12.5. The number of hydrogen-bond acceptors (Lipinski definition) is 6. The minimum absolute atomic E-state index is 0.0214. The molecule has 0 saturated carbocycles. The molecule has 0 N–H and O–H groups in total. The molecule has 2 aromatic heterocycles. The van der Waals surface area contributed by atoms with Gasteiger partial charge in [0.15, 0.2) is 5.13 Å². The van der Waals surface area contributed by atoms with Crippen molar-refractivity contribution in [3.8, 4) is 5.75 Å². The molecule has 0 aliphatic carbocycles. The van der Waals surface area contributed by atoms with Gasteiger partial charge in [-0.1, -0.05) is 23.5 Å². The zero-order valence-corrected chi connectivity index (χ0v) is 15.7. The van der Waals surface area contributed by atoms with Gasteiger partial charge in [-0.2, -0.15) is 8.78 Å². The fraction of sp³-hybridized carbons (Fsp3) is 0.316. The highest BCUT2D eigenvalue weighted by Gasteiger charge is 2.23. The molecule has 0 spiro atoms. The standard InChI is InChI=1S/C19H18F2N4O2S/c20-18(21)27-14-5-3-13(4-6-14)12-16(26)24-8-10-25(11-9-24)19-23-15-2-1-7-22-17(15)28-19/h1-7,18H,8-12H2. The van der Waals surface area contributed by atoms with E-state index in [9.17, 15) is 13.6 Å². The molecule has 9 heteroatoms. The minimum Gasteiger partial charge on any atom is -0.435 e. The highest BCUT2D eigenvalue weighted by molar-refractivity contribution is 7.21. The summed E-state index contributed by atoms with van der Waals surface area (Å²) in [6, 6.07) is 10.00. The van der Waals surface area contributed by atoms with Crippen molar-refractivity contribution in [2.24, 2.45) is 0 Å². The van der Waals surface area contributed by atoms with Crippen LogP contribution in [0, 0.1) is 0 Å². The highest BCUT2D eigenvalue weighted by Crippen LogP contribution is 2.27. The SMILES string of the molecule is O=C(Cc1ccc(OC(F)F)cc1)N1CCN(c2nc3cccnc3s2)CC1. The highest BCUT2D eigenvalue weighted by atomic mass is 32.1. The van der Waals surface area contributed by atoms with Crippen LogP contribution in [0.15, 0.2) is 42.6 Å². The van der Waals surface area contributed by atoms with Gasteiger partial charge in [0, 0.05) is 32.4 Å². The molecule has 0 unspecified atom stereocenters. The number of amides is 1. The van der Waals surface area contributed by atoms with Gasteiger partial charge in [0.25, 0.3) is 0 Å². The molecule has 146 valence electrons. The Hall–Kier alpha value is -2.81. The van der Waals surface area contributed by atoms with E-state index in [2.05, 4.69) is 19.6 Å². The summed E-state index contributed by atoms with van der Waals surface area (Å²) in [6.45, 7) is -0.182. The predicted molar refractivity (Wildman–Crippen MR) is 103 cm³/mol. The maximum absolute atomic E-state index is 12.5. The van der Waals surface area contributed by atoms with Crippen molar-refractivity contribution < 1.29 is 18.3 Å². The Balaban J connectivity index is 1.32. The largest absolute Gasteiger partial charge is 0.435 e. The average molecular weight is 404 g/mol. The number of halogens is 2. The van der Waals surface area contributed by atoms with Crippen LogP contribution in [0.25, 0.3) is 10.3 Å². The number of thiazole rings is 1. The van der Waals surface area contributed by atoms with Gasteiger partial charge < -0.3 is 14.5 Å². The van der Waals surface area contributed by atoms with Crippen LogP contribution >= 0.6 is 11.3 Å². The molecule has 3 aromatic rings. The molecule has 1 aromatic carbocycles. The van der Waals surface area contributed by atoms with E-state index in [4.69, 9.17) is 0 Å². The molecule has 0 atom stereocenters. The van der Waals surface area contributed by atoms with Crippen molar-refractivity contribution in [1.82, 2.24) is 14.9 Å². The first-order valence-corrected chi connectivity index (χ1v) is 9.68. The van der Waals surface area contributed by atoms with E-state index in [1.54, 1.807) is 29.7 Å². The van der Waals surface area contributed by atoms with Gasteiger partial charge in [0.2, 0.25) is 5.91 Å². The molecule has 28 heavy (non-hydrogen) atoms. The van der Waals surface area contributed by atoms with E-state index < -0.39 is 6.61 Å². The molecule has 3 heterocycles. The number of piperazine rings is 1. The number of carbonyl (C=O) groups is 1. The van der Waals surface area contributed by atoms with Crippen LogP contribution in [-0.4, -0.2) is 53.6 Å². The Bertz CT molecular complexity index is 923. The number of alkyl halides is 2. The summed E-state index contributed by atoms with van der Waals surface area (Å²) in [7, 11) is 0. The van der Waals surface area contributed by atoms with Crippen LogP contribution in [-0.2, 0) is 11.2 Å². The number of anilines is 1. The van der Waals surface area contributed by atoms with Gasteiger partial charge in [0.1, 0.15) is 16.1 Å². The molecular formula is C19H18F2N4O2S. The summed E-state index contributed by atoms with van der Waals surface area (Å²) in [5.41, 5.74) is 1.66. The summed E-state index contributed by atoms with van der Waals surface area (Å²) in [5, 5.41) is 0.926. The van der Waals surface area contributed by atoms with Crippen molar-refractivity contribution in [1.29, 1.82) is 0 Å². The molecule has 1 aliphatic heterocycles. The predicted octanol–water partition coefficient (Wildman–Crippen LogP) is 3.18. The first kappa shape index (κ1) is 18.5. The fourth-order valence-electron chi connectivity index (χ4n) is 3.12. The number of pyridine rings is 1. The van der Waals surface area contributed by atoms with Crippen LogP contribution in [0.5, 0.6) is 5.75 Å². The van der Waals surface area contributed by atoms with E-state index in [-0.39, 0.29) is 18.1 Å². The lowest BCUT2D eigenvalue weighted by atomic mass is 10.1. The first-order chi connectivity index (χ1) is 13.6. The number of carbonyl (C=O) groups excluding carboxylic acids is 1. The Morgan fingerprint density at radius 1 is 1.14 bits per heavy atom. The average Bonchev–Trinajstić information content (AvgIpc) is 3.13. The molecule has 1 fully saturated rings. The molecule has 0 bridgehead atoms. The topological polar surface area (TPSA) is 58.6 Å². The second-order valence-corrected chi connectivity index (χ2v) is 7.35. The molecular weight excluding hydrogens is 386 g/mol. The van der Waals surface area contributed by atoms with Gasteiger partial charge in [-0.05, 0) is 29.8 Å². The summed E-state index contributed by atoms with van der Waals surface area (Å²) in [5.74, 6) is 0.110. The lowest BCUT2D eigenvalue weighted by molar-refractivity contribution is -0.130. The number of aromatic nitrogens is 2. The quantitative estimate of drug-likeness (QED) is 0.654. The number of benzene rings is 1. The lowest BCUT2D eigenvalue weighted by Crippen LogP contribution is -2.49. The van der Waals surface area contributed by atoms with Crippen LogP contribution in [0.2, 0.25) is 0 Å². The fourth-order valence-corrected chi connectivity index (χ4v) is 4.08. The second-order valence-electron chi connectivity index (χ2n) is 6.39. The summed E-state index contributed by atoms with van der Waals surface area (Å²) in [6.07, 6.45) is 1.99. The third-order valence-electron chi connectivity index (χ3n) is 4.56. The Labute approximate surface area is 164 Å². The number of ether oxygens (including phenoxy) is 1. The molecule has 0 radical (unpaired) electrons. The monoisotopic (exact) mass is 404 g/mol. The third kappa shape index (κ3) is 4.19. The number of nitrogens with zero attached hydrogens (tertiary/aromatic N) is 4. The zero-order valence-electron chi connectivity index (χ0n) is 14.9. The molecule has 1 aliphatic rings. The Morgan fingerprint density at radius 2 is 1.89 bits per heavy atom. The van der Waals surface area contributed by atoms with E-state index in [1.165, 1.54) is 12.1 Å². The molecule has 1 amide bonds. The lowest BCUT2D eigenvalue weighted by Gasteiger charge is -2.34. The van der Waals surface area contributed by atoms with E-state index in [0.717, 1.165) is 21.0 Å². The van der Waals surface area contributed by atoms with E-state index in [0.29, 0.717) is 26.2 Å².